The van der Waals surface area contributed by atoms with Gasteiger partial charge in [-0.1, -0.05) is 0 Å². The monoisotopic (exact) mass is 160 g/mol. The molecule has 0 aliphatic rings. The zero-order chi connectivity index (χ0) is 8.69. The molecule has 11 heavy (non-hydrogen) atoms. The molecule has 1 amide bonds. The van der Waals surface area contributed by atoms with E-state index < -0.39 is 5.97 Å². The Morgan fingerprint density at radius 1 is 1.45 bits per heavy atom. The molecule has 0 atom stereocenters. The zero-order valence-electron chi connectivity index (χ0n) is 6.64. The van der Waals surface area contributed by atoms with Crippen LogP contribution in [0.5, 0.6) is 0 Å². The molecule has 0 rings (SSSR count). The lowest BCUT2D eigenvalue weighted by atomic mass is 10.6. The second kappa shape index (κ2) is 5.67. The van der Waals surface area contributed by atoms with E-state index in [0.717, 1.165) is 0 Å². The fraction of sp³-hybridized carbons (Fsp3) is 0.667. The van der Waals surface area contributed by atoms with Crippen molar-refractivity contribution < 1.29 is 14.3 Å². The normalized spacial score (nSPS) is 8.91. The van der Waals surface area contributed by atoms with E-state index >= 15 is 0 Å². The van der Waals surface area contributed by atoms with Crippen LogP contribution in [0.4, 0.5) is 0 Å². The summed E-state index contributed by atoms with van der Waals surface area (Å²) >= 11 is 0. The molecule has 0 heterocycles. The number of likely N-dealkylation sites (N-methyl/N-ethyl adjacent to an activating group) is 1. The van der Waals surface area contributed by atoms with E-state index in [1.54, 1.807) is 7.05 Å². The van der Waals surface area contributed by atoms with Crippen LogP contribution in [0, 0.1) is 0 Å². The van der Waals surface area contributed by atoms with Gasteiger partial charge < -0.3 is 15.4 Å². The molecule has 64 valence electrons. The molecule has 0 saturated carbocycles. The van der Waals surface area contributed by atoms with Gasteiger partial charge in [-0.05, 0) is 7.05 Å². The molecule has 0 aromatic rings. The van der Waals surface area contributed by atoms with Gasteiger partial charge in [0.15, 0.2) is 6.73 Å². The molecule has 0 saturated heterocycles. The van der Waals surface area contributed by atoms with E-state index in [1.807, 2.05) is 0 Å². The summed E-state index contributed by atoms with van der Waals surface area (Å²) in [6.45, 7) is 1.45. The van der Waals surface area contributed by atoms with E-state index in [4.69, 9.17) is 0 Å². The summed E-state index contributed by atoms with van der Waals surface area (Å²) in [5.74, 6) is -0.608. The second-order valence-electron chi connectivity index (χ2n) is 1.91. The number of carbonyl (C=O) groups is 2. The van der Waals surface area contributed by atoms with Gasteiger partial charge in [0.05, 0.1) is 6.54 Å². The molecule has 5 heteroatoms. The number of hydrogen-bond donors (Lipinski definition) is 2. The minimum absolute atomic E-state index is 0.0597. The van der Waals surface area contributed by atoms with Gasteiger partial charge in [0.1, 0.15) is 0 Å². The summed E-state index contributed by atoms with van der Waals surface area (Å²) in [5, 5.41) is 5.02. The Balaban J connectivity index is 3.24. The fourth-order valence-corrected chi connectivity index (χ4v) is 0.441. The lowest BCUT2D eigenvalue weighted by Crippen LogP contribution is -2.34. The topological polar surface area (TPSA) is 67.4 Å². The minimum Gasteiger partial charge on any atom is -0.445 e. The Bertz CT molecular complexity index is 147. The number of rotatable bonds is 4. The molecule has 0 aliphatic heterocycles. The molecule has 0 bridgehead atoms. The lowest BCUT2D eigenvalue weighted by Gasteiger charge is -2.03. The summed E-state index contributed by atoms with van der Waals surface area (Å²) in [7, 11) is 1.66. The Morgan fingerprint density at radius 2 is 2.09 bits per heavy atom. The quantitative estimate of drug-likeness (QED) is 0.402. The first-order valence-electron chi connectivity index (χ1n) is 3.21. The van der Waals surface area contributed by atoms with Crippen molar-refractivity contribution in [1.82, 2.24) is 10.6 Å². The fourth-order valence-electron chi connectivity index (χ4n) is 0.441. The number of carbonyl (C=O) groups excluding carboxylic acids is 2. The number of hydrogen-bond acceptors (Lipinski definition) is 4. The van der Waals surface area contributed by atoms with Gasteiger partial charge >= 0.3 is 5.97 Å². The average molecular weight is 160 g/mol. The number of nitrogens with one attached hydrogen (secondary N) is 2. The van der Waals surface area contributed by atoms with Gasteiger partial charge in [-0.15, -0.1) is 0 Å². The van der Waals surface area contributed by atoms with Crippen molar-refractivity contribution >= 4 is 11.9 Å². The molecular formula is C6H12N2O3. The van der Waals surface area contributed by atoms with Gasteiger partial charge in [-0.25, -0.2) is 0 Å². The van der Waals surface area contributed by atoms with Gasteiger partial charge in [0.25, 0.3) is 0 Å². The highest BCUT2D eigenvalue weighted by molar-refractivity contribution is 5.78. The third kappa shape index (κ3) is 6.79. The number of amides is 1. The first-order valence-corrected chi connectivity index (χ1v) is 3.21. The molecule has 0 aromatic heterocycles. The van der Waals surface area contributed by atoms with E-state index in [1.165, 1.54) is 6.92 Å². The van der Waals surface area contributed by atoms with Crippen molar-refractivity contribution in [2.75, 3.05) is 20.3 Å². The summed E-state index contributed by atoms with van der Waals surface area (Å²) < 4.78 is 4.46. The highest BCUT2D eigenvalue weighted by Crippen LogP contribution is 1.71. The maximum absolute atomic E-state index is 10.7. The first-order chi connectivity index (χ1) is 5.16. The Kier molecular flexibility index (Phi) is 5.10. The van der Waals surface area contributed by atoms with Crippen molar-refractivity contribution in [1.29, 1.82) is 0 Å². The molecule has 0 aromatic carbocycles. The van der Waals surface area contributed by atoms with Crippen LogP contribution in [0.25, 0.3) is 0 Å². The maximum atomic E-state index is 10.7. The standard InChI is InChI=1S/C6H12N2O3/c1-5(9)11-4-8-6(10)3-7-2/h7H,3-4H2,1-2H3,(H,8,10). The van der Waals surface area contributed by atoms with E-state index in [-0.39, 0.29) is 19.2 Å². The van der Waals surface area contributed by atoms with E-state index in [0.29, 0.717) is 0 Å². The molecular weight excluding hydrogens is 148 g/mol. The van der Waals surface area contributed by atoms with Crippen molar-refractivity contribution in [2.45, 2.75) is 6.92 Å². The van der Waals surface area contributed by atoms with E-state index in [2.05, 4.69) is 15.4 Å². The van der Waals surface area contributed by atoms with Crippen molar-refractivity contribution in [3.8, 4) is 0 Å². The third-order valence-corrected chi connectivity index (χ3v) is 0.882. The predicted molar refractivity (Wildman–Crippen MR) is 38.7 cm³/mol. The molecule has 0 aliphatic carbocycles. The summed E-state index contributed by atoms with van der Waals surface area (Å²) in [4.78, 5) is 20.9. The molecule has 0 radical (unpaired) electrons. The number of ether oxygens (including phenoxy) is 1. The molecule has 0 unspecified atom stereocenters. The van der Waals surface area contributed by atoms with Crippen LogP contribution < -0.4 is 10.6 Å². The van der Waals surface area contributed by atoms with Crippen LogP contribution in [0.2, 0.25) is 0 Å². The van der Waals surface area contributed by atoms with Gasteiger partial charge in [0.2, 0.25) is 5.91 Å². The largest absolute Gasteiger partial charge is 0.445 e. The molecule has 5 nitrogen and oxygen atoms in total. The van der Waals surface area contributed by atoms with Crippen LogP contribution in [0.1, 0.15) is 6.92 Å². The molecule has 0 fully saturated rings. The Morgan fingerprint density at radius 3 is 2.55 bits per heavy atom. The van der Waals surface area contributed by atoms with Crippen LogP contribution >= 0.6 is 0 Å². The first kappa shape index (κ1) is 9.90. The minimum atomic E-state index is -0.408. The maximum Gasteiger partial charge on any atom is 0.304 e. The Labute approximate surface area is 65.1 Å². The van der Waals surface area contributed by atoms with Gasteiger partial charge in [-0.2, -0.15) is 0 Å². The van der Waals surface area contributed by atoms with Gasteiger partial charge in [0, 0.05) is 6.92 Å². The number of esters is 1. The van der Waals surface area contributed by atoms with E-state index in [9.17, 15) is 9.59 Å². The highest BCUT2D eigenvalue weighted by Gasteiger charge is 1.97. The van der Waals surface area contributed by atoms with Crippen LogP contribution in [-0.2, 0) is 14.3 Å². The zero-order valence-corrected chi connectivity index (χ0v) is 6.64. The second-order valence-corrected chi connectivity index (χ2v) is 1.91. The summed E-state index contributed by atoms with van der Waals surface area (Å²) in [5.41, 5.74) is 0. The van der Waals surface area contributed by atoms with Crippen molar-refractivity contribution in [3.05, 3.63) is 0 Å². The van der Waals surface area contributed by atoms with Crippen LogP contribution in [0.3, 0.4) is 0 Å². The summed E-state index contributed by atoms with van der Waals surface area (Å²) in [6, 6.07) is 0. The smallest absolute Gasteiger partial charge is 0.304 e. The highest BCUT2D eigenvalue weighted by atomic mass is 16.5. The average Bonchev–Trinajstić information content (AvgIpc) is 1.87. The predicted octanol–water partition coefficient (Wildman–Crippen LogP) is -1.16. The lowest BCUT2D eigenvalue weighted by molar-refractivity contribution is -0.142. The SMILES string of the molecule is CNCC(=O)NCOC(C)=O. The molecule has 2 N–H and O–H groups in total. The van der Waals surface area contributed by atoms with Crippen molar-refractivity contribution in [2.24, 2.45) is 0 Å². The Hall–Kier alpha value is -1.10. The third-order valence-electron chi connectivity index (χ3n) is 0.882. The van der Waals surface area contributed by atoms with Crippen molar-refractivity contribution in [3.63, 3.8) is 0 Å². The molecule has 0 spiro atoms. The van der Waals surface area contributed by atoms with Gasteiger partial charge in [-0.3, -0.25) is 9.59 Å². The van der Waals surface area contributed by atoms with Crippen LogP contribution in [-0.4, -0.2) is 32.2 Å². The summed E-state index contributed by atoms with van der Waals surface area (Å²) in [6.07, 6.45) is 0. The van der Waals surface area contributed by atoms with Crippen LogP contribution in [0.15, 0.2) is 0 Å².